The second-order valence-corrected chi connectivity index (χ2v) is 4.63. The number of rotatable bonds is 1. The van der Waals surface area contributed by atoms with Crippen molar-refractivity contribution in [1.29, 1.82) is 0 Å². The summed E-state index contributed by atoms with van der Waals surface area (Å²) in [5, 5.41) is 4.73. The van der Waals surface area contributed by atoms with Crippen molar-refractivity contribution in [3.8, 4) is 0 Å². The van der Waals surface area contributed by atoms with Crippen LogP contribution in [0.2, 0.25) is 0 Å². The van der Waals surface area contributed by atoms with Gasteiger partial charge in [-0.05, 0) is 0 Å². The normalized spacial score (nSPS) is 20.5. The number of hydrogen-bond donors (Lipinski definition) is 1. The van der Waals surface area contributed by atoms with Crippen LogP contribution in [0.25, 0.3) is 0 Å². The lowest BCUT2D eigenvalue weighted by Crippen LogP contribution is -2.47. The first-order valence-electron chi connectivity index (χ1n) is 6.29. The molecule has 106 valence electrons. The zero-order valence-corrected chi connectivity index (χ0v) is 10.3. The maximum atomic E-state index is 13.1. The number of halogens is 3. The van der Waals surface area contributed by atoms with E-state index in [0.29, 0.717) is 57.2 Å². The number of hydrogen-bond acceptors (Lipinski definition) is 4. The monoisotopic (exact) mass is 276 g/mol. The first kappa shape index (κ1) is 12.7. The minimum atomic E-state index is -4.43. The van der Waals surface area contributed by atoms with Gasteiger partial charge >= 0.3 is 6.18 Å². The molecule has 0 aromatic carbocycles. The van der Waals surface area contributed by atoms with Crippen LogP contribution in [0.15, 0.2) is 0 Å². The van der Waals surface area contributed by atoms with Crippen LogP contribution >= 0.6 is 0 Å². The largest absolute Gasteiger partial charge is 0.451 e. The number of nitrogens with one attached hydrogen (secondary N) is 1. The summed E-state index contributed by atoms with van der Waals surface area (Å²) in [7, 11) is 0. The van der Waals surface area contributed by atoms with Crippen molar-refractivity contribution in [2.45, 2.75) is 19.1 Å². The van der Waals surface area contributed by atoms with Crippen LogP contribution < -0.4 is 10.3 Å². The van der Waals surface area contributed by atoms with Crippen molar-refractivity contribution in [2.24, 2.45) is 0 Å². The molecule has 1 aromatic heterocycles. The molecule has 3 rings (SSSR count). The zero-order chi connectivity index (χ0) is 13.5. The van der Waals surface area contributed by atoms with E-state index in [-0.39, 0.29) is 0 Å². The third-order valence-electron chi connectivity index (χ3n) is 3.39. The molecular weight excluding hydrogens is 261 g/mol. The Balaban J connectivity index is 2.05. The van der Waals surface area contributed by atoms with Gasteiger partial charge in [-0.3, -0.25) is 0 Å². The number of fused-ring (bicyclic) bond motifs is 1. The van der Waals surface area contributed by atoms with Gasteiger partial charge in [-0.15, -0.1) is 0 Å². The third kappa shape index (κ3) is 2.30. The molecule has 0 atom stereocenters. The van der Waals surface area contributed by atoms with Crippen molar-refractivity contribution in [2.75, 3.05) is 37.9 Å². The average molecular weight is 276 g/mol. The lowest BCUT2D eigenvalue weighted by atomic mass is 10.2. The molecule has 0 amide bonds. The maximum Gasteiger partial charge on any atom is 0.451 e. The van der Waals surface area contributed by atoms with Gasteiger partial charge in [-0.1, -0.05) is 0 Å². The molecule has 0 aliphatic carbocycles. The van der Waals surface area contributed by atoms with Gasteiger partial charge in [-0.2, -0.15) is 13.2 Å². The Kier molecular flexibility index (Phi) is 3.14. The summed E-state index contributed by atoms with van der Waals surface area (Å²) >= 11 is 0. The Morgan fingerprint density at radius 2 is 1.95 bits per heavy atom. The van der Waals surface area contributed by atoms with Crippen molar-refractivity contribution in [3.63, 3.8) is 0 Å². The molecule has 2 aliphatic heterocycles. The first-order valence-corrected chi connectivity index (χ1v) is 6.29. The van der Waals surface area contributed by atoms with E-state index >= 15 is 0 Å². The number of nitrogens with zero attached hydrogens (tertiary/aromatic N) is 3. The van der Waals surface area contributed by atoms with Crippen molar-refractivity contribution < 1.29 is 17.9 Å². The lowest BCUT2D eigenvalue weighted by molar-refractivity contribution is -0.147. The molecule has 0 radical (unpaired) electrons. The fourth-order valence-electron chi connectivity index (χ4n) is 2.54. The fourth-order valence-corrected chi connectivity index (χ4v) is 2.54. The average Bonchev–Trinajstić information content (AvgIpc) is 2.79. The van der Waals surface area contributed by atoms with Gasteiger partial charge in [0.05, 0.1) is 37.7 Å². The quantitative estimate of drug-likeness (QED) is 0.812. The van der Waals surface area contributed by atoms with E-state index < -0.39 is 12.0 Å². The Hall–Kier alpha value is -1.28. The Bertz CT molecular complexity index is 465. The maximum absolute atomic E-state index is 13.1. The van der Waals surface area contributed by atoms with Crippen LogP contribution in [-0.4, -0.2) is 42.5 Å². The van der Waals surface area contributed by atoms with E-state index in [0.717, 1.165) is 0 Å². The summed E-state index contributed by atoms with van der Waals surface area (Å²) in [6.07, 6.45) is -3.87. The summed E-state index contributed by atoms with van der Waals surface area (Å²) < 4.78 is 45.8. The predicted octanol–water partition coefficient (Wildman–Crippen LogP) is 0.516. The molecule has 5 nitrogen and oxygen atoms in total. The standard InChI is InChI=1S/C11H15F3N4O/c12-11(13,14)10-16-8-7-15-2-1-9(8)18(10)17-3-5-19-6-4-17/h15H,1-7H2. The van der Waals surface area contributed by atoms with Crippen molar-refractivity contribution in [1.82, 2.24) is 15.0 Å². The van der Waals surface area contributed by atoms with Gasteiger partial charge in [0, 0.05) is 19.5 Å². The summed E-state index contributed by atoms with van der Waals surface area (Å²) in [5.41, 5.74) is 1.18. The van der Waals surface area contributed by atoms with Crippen LogP contribution in [0.4, 0.5) is 13.2 Å². The van der Waals surface area contributed by atoms with Gasteiger partial charge < -0.3 is 15.1 Å². The number of ether oxygens (including phenoxy) is 1. The number of aromatic nitrogens is 2. The van der Waals surface area contributed by atoms with E-state index in [1.165, 1.54) is 4.68 Å². The lowest BCUT2D eigenvalue weighted by Gasteiger charge is -2.33. The summed E-state index contributed by atoms with van der Waals surface area (Å²) in [6, 6.07) is 0. The van der Waals surface area contributed by atoms with Gasteiger partial charge in [0.15, 0.2) is 0 Å². The third-order valence-corrected chi connectivity index (χ3v) is 3.39. The molecule has 0 bridgehead atoms. The highest BCUT2D eigenvalue weighted by Crippen LogP contribution is 2.31. The van der Waals surface area contributed by atoms with Gasteiger partial charge in [0.25, 0.3) is 0 Å². The molecule has 8 heteroatoms. The summed E-state index contributed by atoms with van der Waals surface area (Å²) in [4.78, 5) is 3.79. The van der Waals surface area contributed by atoms with Crippen molar-refractivity contribution in [3.05, 3.63) is 17.2 Å². The van der Waals surface area contributed by atoms with Crippen LogP contribution in [-0.2, 0) is 23.9 Å². The minimum Gasteiger partial charge on any atom is -0.378 e. The molecule has 0 unspecified atom stereocenters. The molecule has 1 N–H and O–H groups in total. The first-order chi connectivity index (χ1) is 9.07. The van der Waals surface area contributed by atoms with Gasteiger partial charge in [0.2, 0.25) is 5.82 Å². The minimum absolute atomic E-state index is 0.399. The molecule has 0 saturated carbocycles. The number of alkyl halides is 3. The highest BCUT2D eigenvalue weighted by atomic mass is 19.4. The Labute approximate surface area is 108 Å². The highest BCUT2D eigenvalue weighted by molar-refractivity contribution is 5.24. The topological polar surface area (TPSA) is 42.3 Å². The van der Waals surface area contributed by atoms with Gasteiger partial charge in [-0.25, -0.2) is 9.66 Å². The van der Waals surface area contributed by atoms with Gasteiger partial charge in [0.1, 0.15) is 0 Å². The van der Waals surface area contributed by atoms with E-state index in [1.807, 2.05) is 0 Å². The van der Waals surface area contributed by atoms with E-state index in [2.05, 4.69) is 10.3 Å². The summed E-state index contributed by atoms with van der Waals surface area (Å²) in [5.74, 6) is -0.817. The molecule has 3 heterocycles. The summed E-state index contributed by atoms with van der Waals surface area (Å²) in [6.45, 7) is 2.89. The van der Waals surface area contributed by atoms with E-state index in [1.54, 1.807) is 5.01 Å². The predicted molar refractivity (Wildman–Crippen MR) is 61.4 cm³/mol. The SMILES string of the molecule is FC(F)(F)c1nc2c(n1N1CCOCC1)CCNC2. The Morgan fingerprint density at radius 1 is 1.21 bits per heavy atom. The van der Waals surface area contributed by atoms with Crippen LogP contribution in [0.1, 0.15) is 17.2 Å². The molecular formula is C11H15F3N4O. The fraction of sp³-hybridized carbons (Fsp3) is 0.727. The van der Waals surface area contributed by atoms with Crippen LogP contribution in [0.5, 0.6) is 0 Å². The van der Waals surface area contributed by atoms with Crippen LogP contribution in [0, 0.1) is 0 Å². The number of imidazole rings is 1. The second kappa shape index (κ2) is 4.68. The molecule has 1 aromatic rings. The zero-order valence-electron chi connectivity index (χ0n) is 10.3. The van der Waals surface area contributed by atoms with E-state index in [4.69, 9.17) is 4.74 Å². The highest BCUT2D eigenvalue weighted by Gasteiger charge is 2.41. The Morgan fingerprint density at radius 3 is 2.63 bits per heavy atom. The molecule has 2 aliphatic rings. The molecule has 19 heavy (non-hydrogen) atoms. The smallest absolute Gasteiger partial charge is 0.378 e. The van der Waals surface area contributed by atoms with Crippen molar-refractivity contribution >= 4 is 0 Å². The number of morpholine rings is 1. The second-order valence-electron chi connectivity index (χ2n) is 4.63. The van der Waals surface area contributed by atoms with Crippen LogP contribution in [0.3, 0.4) is 0 Å². The molecule has 1 saturated heterocycles. The molecule has 1 fully saturated rings. The molecule has 0 spiro atoms. The van der Waals surface area contributed by atoms with E-state index in [9.17, 15) is 13.2 Å².